The molecule has 1 saturated heterocycles. The van der Waals surface area contributed by atoms with Crippen LogP contribution < -0.4 is 9.50 Å². The van der Waals surface area contributed by atoms with E-state index in [9.17, 15) is 0 Å². The van der Waals surface area contributed by atoms with Gasteiger partial charge in [-0.2, -0.15) is 0 Å². The maximum Gasteiger partial charge on any atom is 0.155 e. The molecule has 0 bridgehead atoms. The summed E-state index contributed by atoms with van der Waals surface area (Å²) in [6.45, 7) is 1.13. The fourth-order valence-corrected chi connectivity index (χ4v) is 2.36. The van der Waals surface area contributed by atoms with E-state index in [1.807, 2.05) is 6.07 Å². The Morgan fingerprint density at radius 3 is 3.20 bits per heavy atom. The van der Waals surface area contributed by atoms with Crippen molar-refractivity contribution < 1.29 is 4.18 Å². The second-order valence-electron chi connectivity index (χ2n) is 3.48. The van der Waals surface area contributed by atoms with Crippen LogP contribution in [0.15, 0.2) is 18.3 Å². The highest BCUT2D eigenvalue weighted by Gasteiger charge is 2.14. The van der Waals surface area contributed by atoms with Crippen molar-refractivity contribution in [1.82, 2.24) is 10.3 Å². The van der Waals surface area contributed by atoms with Crippen LogP contribution in [-0.2, 0) is 0 Å². The summed E-state index contributed by atoms with van der Waals surface area (Å²) in [5, 5.41) is 3.90. The average molecular weight is 245 g/mol. The molecular weight excluding hydrogens is 232 g/mol. The number of aromatic nitrogens is 1. The smallest absolute Gasteiger partial charge is 0.155 e. The SMILES string of the molecule is Clc1ccc(OSC[C@@H]2CCCN2)cn1. The van der Waals surface area contributed by atoms with Gasteiger partial charge < -0.3 is 9.50 Å². The highest BCUT2D eigenvalue weighted by Crippen LogP contribution is 2.19. The molecule has 1 atom stereocenters. The van der Waals surface area contributed by atoms with Crippen LogP contribution in [0.5, 0.6) is 5.75 Å². The molecule has 0 spiro atoms. The maximum absolute atomic E-state index is 5.67. The van der Waals surface area contributed by atoms with E-state index in [4.69, 9.17) is 15.8 Å². The Bertz CT molecular complexity index is 301. The lowest BCUT2D eigenvalue weighted by atomic mass is 10.3. The van der Waals surface area contributed by atoms with Crippen LogP contribution in [0.1, 0.15) is 12.8 Å². The van der Waals surface area contributed by atoms with Gasteiger partial charge in [0.05, 0.1) is 18.2 Å². The quantitative estimate of drug-likeness (QED) is 0.652. The lowest BCUT2D eigenvalue weighted by Gasteiger charge is -2.09. The molecule has 0 aliphatic carbocycles. The number of rotatable bonds is 4. The van der Waals surface area contributed by atoms with Gasteiger partial charge in [-0.15, -0.1) is 0 Å². The summed E-state index contributed by atoms with van der Waals surface area (Å²) in [5.74, 6) is 1.73. The molecule has 82 valence electrons. The Morgan fingerprint density at radius 1 is 1.60 bits per heavy atom. The average Bonchev–Trinajstić information content (AvgIpc) is 2.74. The van der Waals surface area contributed by atoms with Crippen LogP contribution in [0.4, 0.5) is 0 Å². The van der Waals surface area contributed by atoms with Crippen molar-refractivity contribution in [3.05, 3.63) is 23.5 Å². The summed E-state index contributed by atoms with van der Waals surface area (Å²) in [4.78, 5) is 3.94. The zero-order chi connectivity index (χ0) is 10.5. The van der Waals surface area contributed by atoms with Crippen molar-refractivity contribution in [2.45, 2.75) is 18.9 Å². The fourth-order valence-electron chi connectivity index (χ4n) is 1.49. The van der Waals surface area contributed by atoms with Crippen molar-refractivity contribution in [2.24, 2.45) is 0 Å². The van der Waals surface area contributed by atoms with E-state index in [1.165, 1.54) is 24.9 Å². The summed E-state index contributed by atoms with van der Waals surface area (Å²) < 4.78 is 5.48. The van der Waals surface area contributed by atoms with E-state index in [2.05, 4.69) is 10.3 Å². The predicted octanol–water partition coefficient (Wildman–Crippen LogP) is 2.51. The van der Waals surface area contributed by atoms with E-state index in [-0.39, 0.29) is 0 Å². The summed E-state index contributed by atoms with van der Waals surface area (Å²) >= 11 is 7.13. The zero-order valence-corrected chi connectivity index (χ0v) is 9.85. The van der Waals surface area contributed by atoms with Gasteiger partial charge >= 0.3 is 0 Å². The lowest BCUT2D eigenvalue weighted by molar-refractivity contribution is 0.618. The van der Waals surface area contributed by atoms with Gasteiger partial charge in [-0.1, -0.05) is 11.6 Å². The third-order valence-electron chi connectivity index (χ3n) is 2.29. The Hall–Kier alpha value is -0.450. The molecule has 0 unspecified atom stereocenters. The Kier molecular flexibility index (Phi) is 4.11. The molecule has 0 saturated carbocycles. The third-order valence-corrected chi connectivity index (χ3v) is 3.36. The molecule has 5 heteroatoms. The third kappa shape index (κ3) is 3.55. The number of pyridine rings is 1. The topological polar surface area (TPSA) is 34.1 Å². The number of nitrogens with one attached hydrogen (secondary N) is 1. The van der Waals surface area contributed by atoms with E-state index < -0.39 is 0 Å². The van der Waals surface area contributed by atoms with Gasteiger partial charge in [-0.3, -0.25) is 0 Å². The maximum atomic E-state index is 5.67. The molecule has 2 rings (SSSR count). The first-order valence-electron chi connectivity index (χ1n) is 4.99. The van der Waals surface area contributed by atoms with Gasteiger partial charge in [0.1, 0.15) is 5.15 Å². The minimum atomic E-state index is 0.491. The van der Waals surface area contributed by atoms with Crippen molar-refractivity contribution >= 4 is 23.6 Å². The van der Waals surface area contributed by atoms with Gasteiger partial charge in [0.25, 0.3) is 0 Å². The minimum absolute atomic E-state index is 0.491. The predicted molar refractivity (Wildman–Crippen MR) is 63.4 cm³/mol. The van der Waals surface area contributed by atoms with Crippen LogP contribution in [-0.4, -0.2) is 23.3 Å². The number of hydrogen-bond donors (Lipinski definition) is 1. The number of hydrogen-bond acceptors (Lipinski definition) is 4. The second-order valence-corrected chi connectivity index (χ2v) is 4.60. The standard InChI is InChI=1S/C10H13ClN2OS/c11-10-4-3-9(6-13-10)14-15-7-8-2-1-5-12-8/h3-4,6,8,12H,1-2,5,7H2/t8-/m0/s1. The van der Waals surface area contributed by atoms with Gasteiger partial charge in [0, 0.05) is 11.8 Å². The molecule has 0 aromatic carbocycles. The molecule has 15 heavy (non-hydrogen) atoms. The summed E-state index contributed by atoms with van der Waals surface area (Å²) in [6.07, 6.45) is 4.15. The number of nitrogens with zero attached hydrogens (tertiary/aromatic N) is 1. The molecule has 3 nitrogen and oxygen atoms in total. The monoisotopic (exact) mass is 244 g/mol. The Morgan fingerprint density at radius 2 is 2.53 bits per heavy atom. The van der Waals surface area contributed by atoms with E-state index in [0.29, 0.717) is 11.2 Å². The number of halogens is 1. The molecular formula is C10H13ClN2OS. The van der Waals surface area contributed by atoms with E-state index in [0.717, 1.165) is 18.0 Å². The molecule has 1 aromatic heterocycles. The first-order valence-corrected chi connectivity index (χ1v) is 6.28. The highest BCUT2D eigenvalue weighted by atomic mass is 35.5. The van der Waals surface area contributed by atoms with Crippen molar-refractivity contribution in [1.29, 1.82) is 0 Å². The Labute approximate surface area is 98.8 Å². The summed E-state index contributed by atoms with van der Waals surface area (Å²) in [6, 6.07) is 4.14. The molecule has 0 amide bonds. The Balaban J connectivity index is 1.71. The molecule has 1 N–H and O–H groups in total. The van der Waals surface area contributed by atoms with Crippen molar-refractivity contribution in [3.8, 4) is 5.75 Å². The zero-order valence-electron chi connectivity index (χ0n) is 8.28. The second kappa shape index (κ2) is 5.58. The molecule has 0 radical (unpaired) electrons. The van der Waals surface area contributed by atoms with Gasteiger partial charge in [0.2, 0.25) is 0 Å². The first kappa shape index (κ1) is 11.0. The minimum Gasteiger partial charge on any atom is -0.424 e. The fraction of sp³-hybridized carbons (Fsp3) is 0.500. The van der Waals surface area contributed by atoms with Gasteiger partial charge in [0.15, 0.2) is 5.75 Å². The van der Waals surface area contributed by atoms with Gasteiger partial charge in [-0.05, 0) is 31.5 Å². The molecule has 1 fully saturated rings. The first-order chi connectivity index (χ1) is 7.34. The lowest BCUT2D eigenvalue weighted by Crippen LogP contribution is -2.23. The van der Waals surface area contributed by atoms with Crippen LogP contribution in [0.3, 0.4) is 0 Å². The molecule has 1 aromatic rings. The molecule has 1 aliphatic rings. The van der Waals surface area contributed by atoms with Crippen molar-refractivity contribution in [3.63, 3.8) is 0 Å². The molecule has 2 heterocycles. The van der Waals surface area contributed by atoms with Crippen LogP contribution >= 0.6 is 23.6 Å². The van der Waals surface area contributed by atoms with Crippen molar-refractivity contribution in [2.75, 3.05) is 12.3 Å². The highest BCUT2D eigenvalue weighted by molar-refractivity contribution is 7.95. The van der Waals surface area contributed by atoms with Crippen LogP contribution in [0.25, 0.3) is 0 Å². The van der Waals surface area contributed by atoms with Crippen LogP contribution in [0.2, 0.25) is 5.15 Å². The largest absolute Gasteiger partial charge is 0.424 e. The van der Waals surface area contributed by atoms with E-state index >= 15 is 0 Å². The molecule has 1 aliphatic heterocycles. The summed E-state index contributed by atoms with van der Waals surface area (Å²) in [5.41, 5.74) is 0. The van der Waals surface area contributed by atoms with Crippen LogP contribution in [0, 0.1) is 0 Å². The van der Waals surface area contributed by atoms with E-state index in [1.54, 1.807) is 12.3 Å². The summed E-state index contributed by atoms with van der Waals surface area (Å²) in [7, 11) is 0. The normalized spacial score (nSPS) is 20.5. The van der Waals surface area contributed by atoms with Gasteiger partial charge in [-0.25, -0.2) is 4.98 Å².